The van der Waals surface area contributed by atoms with E-state index in [1.807, 2.05) is 0 Å². The number of hydrogen-bond donors (Lipinski definition) is 2. The van der Waals surface area contributed by atoms with E-state index >= 15 is 0 Å². The molecule has 0 aromatic heterocycles. The third-order valence-electron chi connectivity index (χ3n) is 4.07. The van der Waals surface area contributed by atoms with E-state index in [4.69, 9.17) is 11.6 Å². The Morgan fingerprint density at radius 1 is 1.13 bits per heavy atom. The Balaban J connectivity index is 1.58. The molecule has 120 valence electrons. The zero-order valence-corrected chi connectivity index (χ0v) is 13.0. The molecule has 0 atom stereocenters. The Hall–Kier alpha value is -2.14. The number of carbonyl (C=O) groups excluding carboxylic acids is 1. The normalized spacial score (nSPS) is 15.1. The molecule has 0 unspecified atom stereocenters. The standard InChI is InChI=1S/C17H15ClF2N2O/c18-14-9-13(5-6-15(14)20)22-16(23)21-10-17(7-8-17)11-1-3-12(19)4-2-11/h1-6,9H,7-8,10H2,(H2,21,22,23). The molecule has 6 heteroatoms. The van der Waals surface area contributed by atoms with Crippen molar-refractivity contribution in [1.82, 2.24) is 5.32 Å². The summed E-state index contributed by atoms with van der Waals surface area (Å²) in [5.41, 5.74) is 1.32. The molecule has 2 amide bonds. The molecule has 23 heavy (non-hydrogen) atoms. The van der Waals surface area contributed by atoms with E-state index in [1.165, 1.54) is 30.3 Å². The van der Waals surface area contributed by atoms with Crippen molar-refractivity contribution in [2.45, 2.75) is 18.3 Å². The summed E-state index contributed by atoms with van der Waals surface area (Å²) in [7, 11) is 0. The van der Waals surface area contributed by atoms with Gasteiger partial charge in [-0.3, -0.25) is 0 Å². The molecule has 1 fully saturated rings. The van der Waals surface area contributed by atoms with Gasteiger partial charge in [0.05, 0.1) is 5.02 Å². The summed E-state index contributed by atoms with van der Waals surface area (Å²) in [6, 6.07) is 9.95. The second-order valence-electron chi connectivity index (χ2n) is 5.72. The number of rotatable bonds is 4. The highest BCUT2D eigenvalue weighted by molar-refractivity contribution is 6.31. The van der Waals surface area contributed by atoms with E-state index < -0.39 is 5.82 Å². The highest BCUT2D eigenvalue weighted by atomic mass is 35.5. The van der Waals surface area contributed by atoms with Crippen LogP contribution >= 0.6 is 11.6 Å². The minimum Gasteiger partial charge on any atom is -0.337 e. The van der Waals surface area contributed by atoms with Gasteiger partial charge in [-0.2, -0.15) is 0 Å². The number of urea groups is 1. The predicted molar refractivity (Wildman–Crippen MR) is 85.7 cm³/mol. The Kier molecular flexibility index (Phi) is 4.22. The lowest BCUT2D eigenvalue weighted by molar-refractivity contribution is 0.251. The van der Waals surface area contributed by atoms with E-state index in [0.29, 0.717) is 12.2 Å². The molecule has 3 rings (SSSR count). The van der Waals surface area contributed by atoms with Crippen molar-refractivity contribution in [3.8, 4) is 0 Å². The highest BCUT2D eigenvalue weighted by Gasteiger charge is 2.44. The molecular formula is C17H15ClF2N2O. The lowest BCUT2D eigenvalue weighted by atomic mass is 9.96. The van der Waals surface area contributed by atoms with Gasteiger partial charge in [0.1, 0.15) is 11.6 Å². The topological polar surface area (TPSA) is 41.1 Å². The summed E-state index contributed by atoms with van der Waals surface area (Å²) in [5.74, 6) is -0.811. The van der Waals surface area contributed by atoms with Gasteiger partial charge in [-0.25, -0.2) is 13.6 Å². The summed E-state index contributed by atoms with van der Waals surface area (Å²) < 4.78 is 26.1. The van der Waals surface area contributed by atoms with Crippen LogP contribution in [0, 0.1) is 11.6 Å². The van der Waals surface area contributed by atoms with Crippen molar-refractivity contribution in [2.24, 2.45) is 0 Å². The van der Waals surface area contributed by atoms with Crippen LogP contribution < -0.4 is 10.6 Å². The number of benzene rings is 2. The number of anilines is 1. The quantitative estimate of drug-likeness (QED) is 0.849. The lowest BCUT2D eigenvalue weighted by Crippen LogP contribution is -2.35. The molecule has 1 saturated carbocycles. The SMILES string of the molecule is O=C(NCC1(c2ccc(F)cc2)CC1)Nc1ccc(F)c(Cl)c1. The van der Waals surface area contributed by atoms with Gasteiger partial charge in [0, 0.05) is 17.6 Å². The second kappa shape index (κ2) is 6.16. The van der Waals surface area contributed by atoms with Crippen molar-refractivity contribution in [2.75, 3.05) is 11.9 Å². The molecule has 3 nitrogen and oxygen atoms in total. The van der Waals surface area contributed by atoms with Gasteiger partial charge in [-0.1, -0.05) is 23.7 Å². The number of carbonyl (C=O) groups is 1. The summed E-state index contributed by atoms with van der Waals surface area (Å²) in [5, 5.41) is 5.36. The van der Waals surface area contributed by atoms with Crippen LogP contribution in [-0.4, -0.2) is 12.6 Å². The van der Waals surface area contributed by atoms with Crippen LogP contribution in [0.15, 0.2) is 42.5 Å². The molecule has 2 N–H and O–H groups in total. The van der Waals surface area contributed by atoms with Crippen LogP contribution in [0.25, 0.3) is 0 Å². The van der Waals surface area contributed by atoms with Gasteiger partial charge in [0.2, 0.25) is 0 Å². The van der Waals surface area contributed by atoms with Crippen molar-refractivity contribution < 1.29 is 13.6 Å². The van der Waals surface area contributed by atoms with Gasteiger partial charge in [-0.05, 0) is 48.7 Å². The molecule has 0 radical (unpaired) electrons. The van der Waals surface area contributed by atoms with Crippen molar-refractivity contribution >= 4 is 23.3 Å². The second-order valence-corrected chi connectivity index (χ2v) is 6.13. The number of nitrogens with one attached hydrogen (secondary N) is 2. The molecule has 1 aliphatic carbocycles. The van der Waals surface area contributed by atoms with Crippen molar-refractivity contribution in [1.29, 1.82) is 0 Å². The monoisotopic (exact) mass is 336 g/mol. The maximum atomic E-state index is 13.1. The largest absolute Gasteiger partial charge is 0.337 e. The average molecular weight is 337 g/mol. The van der Waals surface area contributed by atoms with Crippen LogP contribution in [0.1, 0.15) is 18.4 Å². The fraction of sp³-hybridized carbons (Fsp3) is 0.235. The first kappa shape index (κ1) is 15.7. The summed E-state index contributed by atoms with van der Waals surface area (Å²) in [6.45, 7) is 0.458. The fourth-order valence-electron chi connectivity index (χ4n) is 2.52. The van der Waals surface area contributed by atoms with Crippen LogP contribution in [-0.2, 0) is 5.41 Å². The first-order chi connectivity index (χ1) is 11.0. The molecule has 0 aliphatic heterocycles. The fourth-order valence-corrected chi connectivity index (χ4v) is 2.70. The van der Waals surface area contributed by atoms with E-state index in [-0.39, 0.29) is 22.3 Å². The van der Waals surface area contributed by atoms with Crippen molar-refractivity contribution in [3.05, 3.63) is 64.7 Å². The molecule has 1 aliphatic rings. The molecule has 0 spiro atoms. The first-order valence-corrected chi connectivity index (χ1v) is 7.62. The first-order valence-electron chi connectivity index (χ1n) is 7.24. The van der Waals surface area contributed by atoms with Gasteiger partial charge < -0.3 is 10.6 Å². The molecule has 2 aromatic rings. The lowest BCUT2D eigenvalue weighted by Gasteiger charge is -2.17. The Morgan fingerprint density at radius 3 is 2.43 bits per heavy atom. The van der Waals surface area contributed by atoms with E-state index in [0.717, 1.165) is 18.4 Å². The summed E-state index contributed by atoms with van der Waals surface area (Å²) >= 11 is 5.67. The van der Waals surface area contributed by atoms with Crippen molar-refractivity contribution in [3.63, 3.8) is 0 Å². The van der Waals surface area contributed by atoms with Crippen LogP contribution in [0.5, 0.6) is 0 Å². The maximum absolute atomic E-state index is 13.1. The maximum Gasteiger partial charge on any atom is 0.319 e. The minimum absolute atomic E-state index is 0.0484. The third-order valence-corrected chi connectivity index (χ3v) is 4.36. The van der Waals surface area contributed by atoms with Crippen LogP contribution in [0.4, 0.5) is 19.3 Å². The van der Waals surface area contributed by atoms with Crippen LogP contribution in [0.2, 0.25) is 5.02 Å². The van der Waals surface area contributed by atoms with Crippen LogP contribution in [0.3, 0.4) is 0 Å². The Morgan fingerprint density at radius 2 is 1.83 bits per heavy atom. The Bertz CT molecular complexity index is 730. The Labute approximate surface area is 137 Å². The number of hydrogen-bond acceptors (Lipinski definition) is 1. The minimum atomic E-state index is -0.536. The van der Waals surface area contributed by atoms with Gasteiger partial charge in [0.25, 0.3) is 0 Å². The highest BCUT2D eigenvalue weighted by Crippen LogP contribution is 2.47. The molecule has 0 saturated heterocycles. The average Bonchev–Trinajstić information content (AvgIpc) is 3.31. The van der Waals surface area contributed by atoms with E-state index in [2.05, 4.69) is 10.6 Å². The molecule has 0 heterocycles. The smallest absolute Gasteiger partial charge is 0.319 e. The van der Waals surface area contributed by atoms with Gasteiger partial charge >= 0.3 is 6.03 Å². The summed E-state index contributed by atoms with van der Waals surface area (Å²) in [4.78, 5) is 11.9. The third kappa shape index (κ3) is 3.62. The summed E-state index contributed by atoms with van der Waals surface area (Å²) in [6.07, 6.45) is 1.89. The molecular weight excluding hydrogens is 322 g/mol. The zero-order chi connectivity index (χ0) is 16.4. The predicted octanol–water partition coefficient (Wildman–Crippen LogP) is 4.47. The number of amides is 2. The van der Waals surface area contributed by atoms with Gasteiger partial charge in [0.15, 0.2) is 0 Å². The number of halogens is 3. The zero-order valence-electron chi connectivity index (χ0n) is 12.2. The molecule has 0 bridgehead atoms. The molecule has 2 aromatic carbocycles. The van der Waals surface area contributed by atoms with Gasteiger partial charge in [-0.15, -0.1) is 0 Å². The van der Waals surface area contributed by atoms with E-state index in [1.54, 1.807) is 12.1 Å². The van der Waals surface area contributed by atoms with E-state index in [9.17, 15) is 13.6 Å².